The van der Waals surface area contributed by atoms with E-state index in [1.807, 2.05) is 59.5 Å². The van der Waals surface area contributed by atoms with Crippen molar-refractivity contribution in [1.82, 2.24) is 0 Å². The van der Waals surface area contributed by atoms with E-state index in [0.29, 0.717) is 6.61 Å². The number of β-lactam (4-membered cyclic amide) rings is 1. The lowest BCUT2D eigenvalue weighted by Gasteiger charge is -2.60. The van der Waals surface area contributed by atoms with E-state index in [0.717, 1.165) is 23.4 Å². The molecule has 2 aromatic rings. The maximum Gasteiger partial charge on any atom is 0.259 e. The standard InChI is InChI=1S/C27H39NO4Si/c1-9-27(20(2)32-33(7,8)26(3,4)5)24(31-19-21-13-11-10-12-14-21)25(29)28(27)22-15-17-23(30-6)18-16-22/h10-18,20,24H,9,19H2,1-8H3/t20-,24+,27+/m0/s1. The van der Waals surface area contributed by atoms with Gasteiger partial charge in [0, 0.05) is 5.69 Å². The van der Waals surface area contributed by atoms with Gasteiger partial charge < -0.3 is 13.9 Å². The van der Waals surface area contributed by atoms with E-state index in [1.54, 1.807) is 7.11 Å². The van der Waals surface area contributed by atoms with Crippen molar-refractivity contribution >= 4 is 19.9 Å². The van der Waals surface area contributed by atoms with Gasteiger partial charge in [0.15, 0.2) is 14.4 Å². The highest BCUT2D eigenvalue weighted by atomic mass is 28.4. The third kappa shape index (κ3) is 4.74. The number of anilines is 1. The molecule has 180 valence electrons. The van der Waals surface area contributed by atoms with Crippen LogP contribution in [0.15, 0.2) is 54.6 Å². The third-order valence-electron chi connectivity index (χ3n) is 7.45. The molecule has 1 aliphatic heterocycles. The van der Waals surface area contributed by atoms with Crippen molar-refractivity contribution in [3.63, 3.8) is 0 Å². The predicted octanol–water partition coefficient (Wildman–Crippen LogP) is 6.19. The first-order valence-electron chi connectivity index (χ1n) is 11.8. The zero-order chi connectivity index (χ0) is 24.4. The maximum absolute atomic E-state index is 13.5. The molecule has 0 aromatic heterocycles. The summed E-state index contributed by atoms with van der Waals surface area (Å²) in [6, 6.07) is 17.7. The molecule has 1 fully saturated rings. The summed E-state index contributed by atoms with van der Waals surface area (Å²) in [5.41, 5.74) is 1.31. The number of benzene rings is 2. The molecule has 0 radical (unpaired) electrons. The molecule has 1 saturated heterocycles. The van der Waals surface area contributed by atoms with Gasteiger partial charge in [0.2, 0.25) is 0 Å². The molecule has 1 amide bonds. The molecule has 0 unspecified atom stereocenters. The van der Waals surface area contributed by atoms with Gasteiger partial charge in [-0.25, -0.2) is 0 Å². The average molecular weight is 470 g/mol. The van der Waals surface area contributed by atoms with E-state index in [4.69, 9.17) is 13.9 Å². The molecule has 0 bridgehead atoms. The van der Waals surface area contributed by atoms with Crippen LogP contribution < -0.4 is 9.64 Å². The number of nitrogens with zero attached hydrogens (tertiary/aromatic N) is 1. The predicted molar refractivity (Wildman–Crippen MR) is 136 cm³/mol. The summed E-state index contributed by atoms with van der Waals surface area (Å²) in [5, 5.41) is 0.0648. The molecule has 6 heteroatoms. The van der Waals surface area contributed by atoms with E-state index in [2.05, 4.69) is 47.7 Å². The molecule has 0 saturated carbocycles. The van der Waals surface area contributed by atoms with Crippen molar-refractivity contribution in [1.29, 1.82) is 0 Å². The topological polar surface area (TPSA) is 48.0 Å². The smallest absolute Gasteiger partial charge is 0.259 e. The van der Waals surface area contributed by atoms with Crippen LogP contribution >= 0.6 is 0 Å². The van der Waals surface area contributed by atoms with Crippen LogP contribution in [0.1, 0.15) is 46.6 Å². The van der Waals surface area contributed by atoms with Gasteiger partial charge in [-0.05, 0) is 61.3 Å². The van der Waals surface area contributed by atoms with Crippen LogP contribution in [0.5, 0.6) is 5.75 Å². The average Bonchev–Trinajstić information content (AvgIpc) is 2.77. The van der Waals surface area contributed by atoms with Crippen LogP contribution in [0.2, 0.25) is 18.1 Å². The Bertz CT molecular complexity index is 939. The van der Waals surface area contributed by atoms with Gasteiger partial charge in [0.05, 0.1) is 19.8 Å². The van der Waals surface area contributed by atoms with Gasteiger partial charge in [0.25, 0.3) is 5.91 Å². The second-order valence-corrected chi connectivity index (χ2v) is 15.2. The van der Waals surface area contributed by atoms with E-state index < -0.39 is 20.0 Å². The number of rotatable bonds is 9. The summed E-state index contributed by atoms with van der Waals surface area (Å²) in [6.07, 6.45) is -0.0337. The maximum atomic E-state index is 13.5. The van der Waals surface area contributed by atoms with Gasteiger partial charge in [-0.1, -0.05) is 58.0 Å². The Kier molecular flexibility index (Phi) is 7.41. The van der Waals surface area contributed by atoms with Crippen LogP contribution in [0.3, 0.4) is 0 Å². The summed E-state index contributed by atoms with van der Waals surface area (Å²) in [6.45, 7) is 15.8. The van der Waals surface area contributed by atoms with E-state index in [9.17, 15) is 4.79 Å². The Morgan fingerprint density at radius 2 is 1.67 bits per heavy atom. The van der Waals surface area contributed by atoms with Crippen molar-refractivity contribution in [2.75, 3.05) is 12.0 Å². The number of carbonyl (C=O) groups excluding carboxylic acids is 1. The first kappa shape index (κ1) is 25.5. The summed E-state index contributed by atoms with van der Waals surface area (Å²) in [4.78, 5) is 15.4. The van der Waals surface area contributed by atoms with E-state index >= 15 is 0 Å². The number of methoxy groups -OCH3 is 1. The minimum Gasteiger partial charge on any atom is -0.497 e. The SMILES string of the molecule is CC[C@@]1([C@H](C)O[Si](C)(C)C(C)(C)C)[C@H](OCc2ccccc2)C(=O)N1c1ccc(OC)cc1. The van der Waals surface area contributed by atoms with Crippen molar-refractivity contribution in [3.8, 4) is 5.75 Å². The van der Waals surface area contributed by atoms with Gasteiger partial charge in [0.1, 0.15) is 11.3 Å². The monoisotopic (exact) mass is 469 g/mol. The molecular weight excluding hydrogens is 430 g/mol. The van der Waals surface area contributed by atoms with Crippen molar-refractivity contribution in [2.24, 2.45) is 0 Å². The summed E-state index contributed by atoms with van der Waals surface area (Å²) < 4.78 is 18.5. The van der Waals surface area contributed by atoms with E-state index in [1.165, 1.54) is 0 Å². The molecule has 0 spiro atoms. The quantitative estimate of drug-likeness (QED) is 0.325. The molecule has 1 heterocycles. The van der Waals surface area contributed by atoms with Gasteiger partial charge >= 0.3 is 0 Å². The Hall–Kier alpha value is -2.15. The lowest BCUT2D eigenvalue weighted by Crippen LogP contribution is -2.80. The fourth-order valence-electron chi connectivity index (χ4n) is 4.40. The zero-order valence-electron chi connectivity index (χ0n) is 21.3. The molecule has 5 nitrogen and oxygen atoms in total. The lowest BCUT2D eigenvalue weighted by molar-refractivity contribution is -0.161. The molecule has 3 atom stereocenters. The Labute approximate surface area is 200 Å². The number of hydrogen-bond acceptors (Lipinski definition) is 4. The van der Waals surface area contributed by atoms with Crippen LogP contribution in [-0.2, 0) is 20.6 Å². The summed E-state index contributed by atoms with van der Waals surface area (Å²) in [5.74, 6) is 0.736. The summed E-state index contributed by atoms with van der Waals surface area (Å²) >= 11 is 0. The fourth-order valence-corrected chi connectivity index (χ4v) is 5.84. The van der Waals surface area contributed by atoms with Crippen LogP contribution in [0.25, 0.3) is 0 Å². The van der Waals surface area contributed by atoms with Crippen molar-refractivity contribution < 1.29 is 18.7 Å². The third-order valence-corrected chi connectivity index (χ3v) is 12.0. The van der Waals surface area contributed by atoms with Crippen molar-refractivity contribution in [2.45, 2.75) is 83.5 Å². The normalized spacial score (nSPS) is 22.1. The molecule has 2 aromatic carbocycles. The minimum atomic E-state index is -2.07. The number of carbonyl (C=O) groups is 1. The van der Waals surface area contributed by atoms with E-state index in [-0.39, 0.29) is 17.0 Å². The van der Waals surface area contributed by atoms with Crippen LogP contribution in [-0.4, -0.2) is 39.1 Å². The lowest BCUT2D eigenvalue weighted by atomic mass is 9.73. The number of amides is 1. The van der Waals surface area contributed by atoms with Gasteiger partial charge in [-0.2, -0.15) is 0 Å². The highest BCUT2D eigenvalue weighted by Gasteiger charge is 2.64. The van der Waals surface area contributed by atoms with Crippen LogP contribution in [0, 0.1) is 0 Å². The molecule has 0 N–H and O–H groups in total. The van der Waals surface area contributed by atoms with Gasteiger partial charge in [-0.3, -0.25) is 9.69 Å². The van der Waals surface area contributed by atoms with Gasteiger partial charge in [-0.15, -0.1) is 0 Å². The number of ether oxygens (including phenoxy) is 2. The Morgan fingerprint density at radius 1 is 1.06 bits per heavy atom. The first-order valence-corrected chi connectivity index (χ1v) is 14.7. The second-order valence-electron chi connectivity index (χ2n) is 10.4. The Balaban J connectivity index is 1.96. The van der Waals surface area contributed by atoms with Crippen molar-refractivity contribution in [3.05, 3.63) is 60.2 Å². The van der Waals surface area contributed by atoms with Crippen LogP contribution in [0.4, 0.5) is 5.69 Å². The highest BCUT2D eigenvalue weighted by molar-refractivity contribution is 6.74. The fraction of sp³-hybridized carbons (Fsp3) is 0.519. The first-order chi connectivity index (χ1) is 15.5. The molecule has 1 aliphatic rings. The number of hydrogen-bond donors (Lipinski definition) is 0. The Morgan fingerprint density at radius 3 is 2.18 bits per heavy atom. The highest BCUT2D eigenvalue weighted by Crippen LogP contribution is 2.48. The largest absolute Gasteiger partial charge is 0.497 e. The summed E-state index contributed by atoms with van der Waals surface area (Å²) in [7, 11) is -0.432. The molecule has 3 rings (SSSR count). The molecular formula is C27H39NO4Si. The minimum absolute atomic E-state index is 0.0244. The zero-order valence-corrected chi connectivity index (χ0v) is 22.3. The molecule has 0 aliphatic carbocycles. The molecule has 33 heavy (non-hydrogen) atoms. The second kappa shape index (κ2) is 9.61.